The molecule has 0 bridgehead atoms. The van der Waals surface area contributed by atoms with E-state index in [1.165, 1.54) is 0 Å². The maximum absolute atomic E-state index is 12.0. The monoisotopic (exact) mass is 278 g/mol. The molecule has 0 saturated heterocycles. The third-order valence-electron chi connectivity index (χ3n) is 3.53. The predicted molar refractivity (Wildman–Crippen MR) is 80.0 cm³/mol. The lowest BCUT2D eigenvalue weighted by Gasteiger charge is -2.24. The van der Waals surface area contributed by atoms with Gasteiger partial charge in [-0.1, -0.05) is 57.0 Å². The molecule has 0 aromatic heterocycles. The zero-order valence-electron chi connectivity index (χ0n) is 13.0. The molecular weight excluding hydrogens is 252 g/mol. The second kappa shape index (κ2) is 8.05. The topological polar surface area (TPSA) is 35.5 Å². The fourth-order valence-corrected chi connectivity index (χ4v) is 2.04. The summed E-state index contributed by atoms with van der Waals surface area (Å²) in [6, 6.07) is 9.75. The molecule has 0 heterocycles. The van der Waals surface area contributed by atoms with E-state index in [1.54, 1.807) is 0 Å². The van der Waals surface area contributed by atoms with Gasteiger partial charge in [0.1, 0.15) is 5.60 Å². The normalized spacial score (nSPS) is 13.0. The molecule has 112 valence electrons. The van der Waals surface area contributed by atoms with E-state index in [-0.39, 0.29) is 11.9 Å². The van der Waals surface area contributed by atoms with E-state index in [0.717, 1.165) is 31.2 Å². The smallest absolute Gasteiger partial charge is 0.297 e. The van der Waals surface area contributed by atoms with Crippen LogP contribution in [0, 0.1) is 5.92 Å². The highest BCUT2D eigenvalue weighted by Crippen LogP contribution is 2.25. The fourth-order valence-electron chi connectivity index (χ4n) is 2.04. The van der Waals surface area contributed by atoms with E-state index in [0.29, 0.717) is 0 Å². The van der Waals surface area contributed by atoms with Gasteiger partial charge in [0.05, 0.1) is 5.92 Å². The Morgan fingerprint density at radius 3 is 2.40 bits per heavy atom. The molecule has 0 radical (unpaired) electrons. The summed E-state index contributed by atoms with van der Waals surface area (Å²) < 4.78 is 0. The van der Waals surface area contributed by atoms with Crippen molar-refractivity contribution >= 4 is 5.97 Å². The molecule has 0 aliphatic rings. The third-order valence-corrected chi connectivity index (χ3v) is 3.53. The Morgan fingerprint density at radius 2 is 1.85 bits per heavy atom. The Labute approximate surface area is 122 Å². The van der Waals surface area contributed by atoms with Gasteiger partial charge in [-0.25, -0.2) is 4.79 Å². The number of hydrogen-bond donors (Lipinski definition) is 0. The molecule has 0 aliphatic carbocycles. The molecule has 0 saturated carbocycles. The Hall–Kier alpha value is -1.35. The van der Waals surface area contributed by atoms with E-state index in [2.05, 4.69) is 6.92 Å². The first-order chi connectivity index (χ1) is 9.51. The van der Waals surface area contributed by atoms with E-state index < -0.39 is 5.60 Å². The summed E-state index contributed by atoms with van der Waals surface area (Å²) in [5.74, 6) is -0.327. The van der Waals surface area contributed by atoms with Gasteiger partial charge in [-0.2, -0.15) is 4.89 Å². The molecule has 0 spiro atoms. The first-order valence-electron chi connectivity index (χ1n) is 7.46. The third kappa shape index (κ3) is 4.97. The van der Waals surface area contributed by atoms with Crippen LogP contribution in [0.2, 0.25) is 0 Å². The van der Waals surface area contributed by atoms with Gasteiger partial charge in [0.15, 0.2) is 0 Å². The number of unbranched alkanes of at least 4 members (excludes halogenated alkanes) is 1. The minimum Gasteiger partial charge on any atom is -0.297 e. The van der Waals surface area contributed by atoms with Crippen LogP contribution < -0.4 is 0 Å². The first kappa shape index (κ1) is 16.7. The molecule has 3 heteroatoms. The van der Waals surface area contributed by atoms with Crippen LogP contribution in [0.4, 0.5) is 0 Å². The SMILES string of the molecule is CCCCC(CC)C(=O)OOC(C)(C)c1ccccc1. The fraction of sp³-hybridized carbons (Fsp3) is 0.588. The zero-order valence-corrected chi connectivity index (χ0v) is 13.0. The lowest BCUT2D eigenvalue weighted by molar-refractivity contribution is -0.332. The van der Waals surface area contributed by atoms with Crippen LogP contribution in [0.15, 0.2) is 30.3 Å². The summed E-state index contributed by atoms with van der Waals surface area (Å²) in [6.45, 7) is 7.90. The molecule has 0 amide bonds. The van der Waals surface area contributed by atoms with E-state index in [9.17, 15) is 4.79 Å². The number of benzene rings is 1. The lowest BCUT2D eigenvalue weighted by Crippen LogP contribution is -2.26. The summed E-state index contributed by atoms with van der Waals surface area (Å²) in [5.41, 5.74) is 0.342. The molecule has 1 atom stereocenters. The summed E-state index contributed by atoms with van der Waals surface area (Å²) in [7, 11) is 0. The number of hydrogen-bond acceptors (Lipinski definition) is 3. The molecular formula is C17H26O3. The summed E-state index contributed by atoms with van der Waals surface area (Å²) >= 11 is 0. The highest BCUT2D eigenvalue weighted by Gasteiger charge is 2.26. The minimum atomic E-state index is -0.639. The largest absolute Gasteiger partial charge is 0.345 e. The molecule has 3 nitrogen and oxygen atoms in total. The molecule has 20 heavy (non-hydrogen) atoms. The first-order valence-corrected chi connectivity index (χ1v) is 7.46. The molecule has 1 aromatic carbocycles. The van der Waals surface area contributed by atoms with Gasteiger partial charge in [0, 0.05) is 0 Å². The van der Waals surface area contributed by atoms with Crippen LogP contribution in [-0.4, -0.2) is 5.97 Å². The standard InChI is InChI=1S/C17H26O3/c1-5-7-11-14(6-2)16(18)19-20-17(3,4)15-12-9-8-10-13-15/h8-10,12-14H,5-7,11H2,1-4H3. The van der Waals surface area contributed by atoms with Crippen LogP contribution in [0.1, 0.15) is 58.9 Å². The van der Waals surface area contributed by atoms with Crippen molar-refractivity contribution in [3.05, 3.63) is 35.9 Å². The van der Waals surface area contributed by atoms with Crippen molar-refractivity contribution in [1.82, 2.24) is 0 Å². The highest BCUT2D eigenvalue weighted by molar-refractivity contribution is 5.71. The van der Waals surface area contributed by atoms with Crippen molar-refractivity contribution in [1.29, 1.82) is 0 Å². The Bertz CT molecular complexity index is 398. The minimum absolute atomic E-state index is 0.0680. The van der Waals surface area contributed by atoms with E-state index in [4.69, 9.17) is 9.78 Å². The van der Waals surface area contributed by atoms with Crippen LogP contribution in [-0.2, 0) is 20.2 Å². The van der Waals surface area contributed by atoms with Crippen LogP contribution >= 0.6 is 0 Å². The average Bonchev–Trinajstić information content (AvgIpc) is 2.47. The lowest BCUT2D eigenvalue weighted by atomic mass is 9.99. The van der Waals surface area contributed by atoms with Gasteiger partial charge < -0.3 is 0 Å². The number of carbonyl (C=O) groups excluding carboxylic acids is 1. The molecule has 0 aliphatic heterocycles. The Morgan fingerprint density at radius 1 is 1.20 bits per heavy atom. The maximum atomic E-state index is 12.0. The summed E-state index contributed by atoms with van der Waals surface area (Å²) in [5, 5.41) is 0. The van der Waals surface area contributed by atoms with Gasteiger partial charge in [0.25, 0.3) is 0 Å². The van der Waals surface area contributed by atoms with Crippen molar-refractivity contribution in [3.63, 3.8) is 0 Å². The Balaban J connectivity index is 2.54. The quantitative estimate of drug-likeness (QED) is 0.514. The van der Waals surface area contributed by atoms with Gasteiger partial charge in [0.2, 0.25) is 0 Å². The molecule has 1 aromatic rings. The second-order valence-electron chi connectivity index (χ2n) is 5.61. The second-order valence-corrected chi connectivity index (χ2v) is 5.61. The van der Waals surface area contributed by atoms with Crippen molar-refractivity contribution in [2.24, 2.45) is 5.92 Å². The van der Waals surface area contributed by atoms with Crippen molar-refractivity contribution in [2.45, 2.75) is 59.0 Å². The van der Waals surface area contributed by atoms with Crippen molar-refractivity contribution in [2.75, 3.05) is 0 Å². The molecule has 0 fully saturated rings. The number of rotatable bonds is 8. The summed E-state index contributed by atoms with van der Waals surface area (Å²) in [4.78, 5) is 22.5. The van der Waals surface area contributed by atoms with Crippen LogP contribution in [0.3, 0.4) is 0 Å². The Kier molecular flexibility index (Phi) is 6.73. The highest BCUT2D eigenvalue weighted by atomic mass is 17.2. The predicted octanol–water partition coefficient (Wildman–Crippen LogP) is 4.61. The maximum Gasteiger partial charge on any atom is 0.345 e. The molecule has 1 unspecified atom stereocenters. The van der Waals surface area contributed by atoms with Gasteiger partial charge in [-0.15, -0.1) is 0 Å². The van der Waals surface area contributed by atoms with Gasteiger partial charge >= 0.3 is 5.97 Å². The zero-order chi connectivity index (χ0) is 15.0. The van der Waals surface area contributed by atoms with Crippen molar-refractivity contribution in [3.8, 4) is 0 Å². The average molecular weight is 278 g/mol. The summed E-state index contributed by atoms with van der Waals surface area (Å²) in [6.07, 6.45) is 3.77. The van der Waals surface area contributed by atoms with Gasteiger partial charge in [-0.05, 0) is 32.3 Å². The van der Waals surface area contributed by atoms with Crippen LogP contribution in [0.25, 0.3) is 0 Å². The molecule has 0 N–H and O–H groups in total. The van der Waals surface area contributed by atoms with Gasteiger partial charge in [-0.3, -0.25) is 4.89 Å². The van der Waals surface area contributed by atoms with Crippen molar-refractivity contribution < 1.29 is 14.6 Å². The van der Waals surface area contributed by atoms with Crippen LogP contribution in [0.5, 0.6) is 0 Å². The number of carbonyl (C=O) groups is 1. The van der Waals surface area contributed by atoms with E-state index in [1.807, 2.05) is 51.1 Å². The van der Waals surface area contributed by atoms with E-state index >= 15 is 0 Å². The molecule has 1 rings (SSSR count).